The highest BCUT2D eigenvalue weighted by Gasteiger charge is 2.35. The molecular formula is C19H24ClN3O. The Labute approximate surface area is 148 Å². The number of aromatic nitrogens is 1. The Kier molecular flexibility index (Phi) is 4.72. The standard InChI is InChI=1S/C19H24ClN3O/c1-14-18(22-7-9-24-10-8-22)4-6-23(14)13-16-12-17(20)11-15-3-2-5-21-19(15)16/h2-3,5,11-12,14,18H,4,6-10,13H2,1H3/t14-,18-/m1/s1. The highest BCUT2D eigenvalue weighted by Crippen LogP contribution is 2.28. The van der Waals surface area contributed by atoms with E-state index in [0.717, 1.165) is 55.3 Å². The van der Waals surface area contributed by atoms with Crippen LogP contribution in [0.15, 0.2) is 30.5 Å². The summed E-state index contributed by atoms with van der Waals surface area (Å²) in [6.45, 7) is 8.25. The number of ether oxygens (including phenoxy) is 1. The lowest BCUT2D eigenvalue weighted by atomic mass is 10.1. The lowest BCUT2D eigenvalue weighted by molar-refractivity contribution is 0.00985. The molecule has 24 heavy (non-hydrogen) atoms. The van der Waals surface area contributed by atoms with Crippen molar-refractivity contribution in [2.45, 2.75) is 32.0 Å². The maximum atomic E-state index is 6.33. The molecule has 2 fully saturated rings. The van der Waals surface area contributed by atoms with Crippen LogP contribution in [0.5, 0.6) is 0 Å². The van der Waals surface area contributed by atoms with Crippen LogP contribution in [0.3, 0.4) is 0 Å². The first-order valence-corrected chi connectivity index (χ1v) is 9.19. The fraction of sp³-hybridized carbons (Fsp3) is 0.526. The summed E-state index contributed by atoms with van der Waals surface area (Å²) in [5.41, 5.74) is 2.30. The Morgan fingerprint density at radius 2 is 2.08 bits per heavy atom. The fourth-order valence-corrected chi connectivity index (χ4v) is 4.42. The zero-order chi connectivity index (χ0) is 16.5. The van der Waals surface area contributed by atoms with Gasteiger partial charge >= 0.3 is 0 Å². The number of fused-ring (bicyclic) bond motifs is 1. The van der Waals surface area contributed by atoms with E-state index in [2.05, 4.69) is 33.8 Å². The van der Waals surface area contributed by atoms with E-state index in [4.69, 9.17) is 16.3 Å². The van der Waals surface area contributed by atoms with Gasteiger partial charge in [0.15, 0.2) is 0 Å². The maximum Gasteiger partial charge on any atom is 0.0747 e. The van der Waals surface area contributed by atoms with E-state index in [-0.39, 0.29) is 0 Å². The molecular weight excluding hydrogens is 322 g/mol. The van der Waals surface area contributed by atoms with Gasteiger partial charge in [-0.3, -0.25) is 14.8 Å². The molecule has 0 radical (unpaired) electrons. The predicted octanol–water partition coefficient (Wildman–Crippen LogP) is 3.18. The molecule has 2 atom stereocenters. The van der Waals surface area contributed by atoms with Crippen molar-refractivity contribution in [3.05, 3.63) is 41.0 Å². The predicted molar refractivity (Wildman–Crippen MR) is 97.4 cm³/mol. The first-order valence-electron chi connectivity index (χ1n) is 8.81. The average Bonchev–Trinajstić information content (AvgIpc) is 2.96. The maximum absolute atomic E-state index is 6.33. The van der Waals surface area contributed by atoms with Gasteiger partial charge in [0.05, 0.1) is 18.7 Å². The summed E-state index contributed by atoms with van der Waals surface area (Å²) in [4.78, 5) is 9.76. The first kappa shape index (κ1) is 16.3. The highest BCUT2D eigenvalue weighted by molar-refractivity contribution is 6.31. The third-order valence-electron chi connectivity index (χ3n) is 5.48. The number of hydrogen-bond donors (Lipinski definition) is 0. The summed E-state index contributed by atoms with van der Waals surface area (Å²) in [7, 11) is 0. The van der Waals surface area contributed by atoms with Crippen LogP contribution in [0.25, 0.3) is 10.9 Å². The van der Waals surface area contributed by atoms with Crippen LogP contribution >= 0.6 is 11.6 Å². The zero-order valence-corrected chi connectivity index (χ0v) is 14.9. The molecule has 4 nitrogen and oxygen atoms in total. The van der Waals surface area contributed by atoms with E-state index in [9.17, 15) is 0 Å². The van der Waals surface area contributed by atoms with Crippen molar-refractivity contribution in [3.8, 4) is 0 Å². The topological polar surface area (TPSA) is 28.6 Å². The minimum atomic E-state index is 0.542. The number of likely N-dealkylation sites (tertiary alicyclic amines) is 1. The molecule has 2 aliphatic heterocycles. The van der Waals surface area contributed by atoms with E-state index >= 15 is 0 Å². The minimum absolute atomic E-state index is 0.542. The van der Waals surface area contributed by atoms with Gasteiger partial charge in [-0.25, -0.2) is 0 Å². The number of pyridine rings is 1. The van der Waals surface area contributed by atoms with Crippen LogP contribution in [0, 0.1) is 0 Å². The Morgan fingerprint density at radius 1 is 1.25 bits per heavy atom. The van der Waals surface area contributed by atoms with Crippen molar-refractivity contribution in [1.29, 1.82) is 0 Å². The van der Waals surface area contributed by atoms with Gasteiger partial charge in [0.2, 0.25) is 0 Å². The molecule has 5 heteroatoms. The van der Waals surface area contributed by atoms with Crippen LogP contribution in [-0.4, -0.2) is 59.7 Å². The van der Waals surface area contributed by atoms with E-state index < -0.39 is 0 Å². The van der Waals surface area contributed by atoms with E-state index in [1.165, 1.54) is 12.0 Å². The van der Waals surface area contributed by atoms with E-state index in [0.29, 0.717) is 12.1 Å². The summed E-state index contributed by atoms with van der Waals surface area (Å²) in [6.07, 6.45) is 3.09. The Hall–Kier alpha value is -1.20. The van der Waals surface area contributed by atoms with Crippen molar-refractivity contribution >= 4 is 22.5 Å². The average molecular weight is 346 g/mol. The largest absolute Gasteiger partial charge is 0.379 e. The van der Waals surface area contributed by atoms with Crippen molar-refractivity contribution in [2.24, 2.45) is 0 Å². The molecule has 0 aliphatic carbocycles. The summed E-state index contributed by atoms with van der Waals surface area (Å²) >= 11 is 6.33. The number of nitrogens with zero attached hydrogens (tertiary/aromatic N) is 3. The Bertz CT molecular complexity index is 717. The Balaban J connectivity index is 1.53. The van der Waals surface area contributed by atoms with Crippen LogP contribution in [-0.2, 0) is 11.3 Å². The molecule has 1 aromatic carbocycles. The van der Waals surface area contributed by atoms with Gasteiger partial charge < -0.3 is 4.74 Å². The SMILES string of the molecule is C[C@@H]1[C@H](N2CCOCC2)CCN1Cc1cc(Cl)cc2cccnc12. The normalized spacial score (nSPS) is 26.2. The molecule has 128 valence electrons. The second kappa shape index (κ2) is 6.96. The van der Waals surface area contributed by atoms with Gasteiger partial charge in [0.25, 0.3) is 0 Å². The Morgan fingerprint density at radius 3 is 2.92 bits per heavy atom. The molecule has 0 N–H and O–H groups in total. The van der Waals surface area contributed by atoms with Gasteiger partial charge in [-0.15, -0.1) is 0 Å². The van der Waals surface area contributed by atoms with Crippen molar-refractivity contribution < 1.29 is 4.74 Å². The summed E-state index contributed by atoms with van der Waals surface area (Å²) in [5.74, 6) is 0. The van der Waals surface area contributed by atoms with Gasteiger partial charge in [0.1, 0.15) is 0 Å². The number of halogens is 1. The lowest BCUT2D eigenvalue weighted by Crippen LogP contribution is -2.48. The summed E-state index contributed by atoms with van der Waals surface area (Å²) < 4.78 is 5.50. The molecule has 0 bridgehead atoms. The van der Waals surface area contributed by atoms with Crippen LogP contribution in [0.2, 0.25) is 5.02 Å². The van der Waals surface area contributed by atoms with E-state index in [1.54, 1.807) is 0 Å². The van der Waals surface area contributed by atoms with Crippen LogP contribution in [0.4, 0.5) is 0 Å². The highest BCUT2D eigenvalue weighted by atomic mass is 35.5. The van der Waals surface area contributed by atoms with Gasteiger partial charge in [0, 0.05) is 54.9 Å². The van der Waals surface area contributed by atoms with Crippen molar-refractivity contribution in [3.63, 3.8) is 0 Å². The summed E-state index contributed by atoms with van der Waals surface area (Å²) in [5, 5.41) is 1.92. The molecule has 0 saturated carbocycles. The van der Waals surface area contributed by atoms with Gasteiger partial charge in [-0.1, -0.05) is 17.7 Å². The van der Waals surface area contributed by atoms with Gasteiger partial charge in [-0.2, -0.15) is 0 Å². The number of benzene rings is 1. The van der Waals surface area contributed by atoms with Gasteiger partial charge in [-0.05, 0) is 37.1 Å². The third kappa shape index (κ3) is 3.16. The second-order valence-corrected chi connectivity index (χ2v) is 7.29. The quantitative estimate of drug-likeness (QED) is 0.854. The number of rotatable bonds is 3. The third-order valence-corrected chi connectivity index (χ3v) is 5.70. The molecule has 1 aromatic heterocycles. The van der Waals surface area contributed by atoms with E-state index in [1.807, 2.05) is 18.3 Å². The van der Waals surface area contributed by atoms with Crippen LogP contribution in [0.1, 0.15) is 18.9 Å². The molecule has 4 rings (SSSR count). The molecule has 2 saturated heterocycles. The molecule has 3 heterocycles. The monoisotopic (exact) mass is 345 g/mol. The zero-order valence-electron chi connectivity index (χ0n) is 14.1. The summed E-state index contributed by atoms with van der Waals surface area (Å²) in [6, 6.07) is 9.30. The lowest BCUT2D eigenvalue weighted by Gasteiger charge is -2.36. The minimum Gasteiger partial charge on any atom is -0.379 e. The number of morpholine rings is 1. The van der Waals surface area contributed by atoms with Crippen molar-refractivity contribution in [2.75, 3.05) is 32.8 Å². The molecule has 0 unspecified atom stereocenters. The molecule has 0 amide bonds. The second-order valence-electron chi connectivity index (χ2n) is 6.86. The van der Waals surface area contributed by atoms with Crippen molar-refractivity contribution in [1.82, 2.24) is 14.8 Å². The fourth-order valence-electron chi connectivity index (χ4n) is 4.17. The smallest absolute Gasteiger partial charge is 0.0747 e. The molecule has 2 aliphatic rings. The molecule has 2 aromatic rings. The van der Waals surface area contributed by atoms with Crippen LogP contribution < -0.4 is 0 Å². The number of hydrogen-bond acceptors (Lipinski definition) is 4. The molecule has 0 spiro atoms. The first-order chi connectivity index (χ1) is 11.7.